The Bertz CT molecular complexity index is 1080. The van der Waals surface area contributed by atoms with E-state index in [0.717, 1.165) is 99.7 Å². The van der Waals surface area contributed by atoms with E-state index in [4.69, 9.17) is 9.47 Å². The third-order valence-electron chi connectivity index (χ3n) is 13.3. The summed E-state index contributed by atoms with van der Waals surface area (Å²) in [6, 6.07) is 6.11. The van der Waals surface area contributed by atoms with Gasteiger partial charge in [0.1, 0.15) is 11.5 Å². The summed E-state index contributed by atoms with van der Waals surface area (Å²) in [6.45, 7) is 11.0. The molecule has 0 saturated carbocycles. The lowest BCUT2D eigenvalue weighted by Gasteiger charge is -2.18. The Morgan fingerprint density at radius 2 is 0.726 bits per heavy atom. The molecule has 0 heterocycles. The molecule has 0 fully saturated rings. The highest BCUT2D eigenvalue weighted by Gasteiger charge is 2.19. The van der Waals surface area contributed by atoms with Crippen LogP contribution < -0.4 is 9.47 Å². The van der Waals surface area contributed by atoms with Gasteiger partial charge in [0.05, 0.1) is 25.0 Å². The Morgan fingerprint density at radius 3 is 1.02 bits per heavy atom. The third-order valence-corrected chi connectivity index (χ3v) is 13.3. The molecule has 2 N–H and O–H groups in total. The lowest BCUT2D eigenvalue weighted by molar-refractivity contribution is -0.143. The molecule has 0 bridgehead atoms. The Balaban J connectivity index is 2.52. The Morgan fingerprint density at radius 1 is 0.435 bits per heavy atom. The van der Waals surface area contributed by atoms with Crippen molar-refractivity contribution in [3.8, 4) is 11.5 Å². The van der Waals surface area contributed by atoms with E-state index in [0.29, 0.717) is 26.1 Å². The van der Waals surface area contributed by atoms with E-state index >= 15 is 0 Å². The Kier molecular flexibility index (Phi) is 37.5. The number of rotatable bonds is 46. The number of benzene rings is 1. The van der Waals surface area contributed by atoms with Crippen molar-refractivity contribution in [2.24, 2.45) is 23.7 Å². The molecule has 0 spiro atoms. The fourth-order valence-corrected chi connectivity index (χ4v) is 9.35. The topological polar surface area (TPSA) is 96.3 Å². The summed E-state index contributed by atoms with van der Waals surface area (Å²) < 4.78 is 12.4. The SMILES string of the molecule is CCCCCCC(CCCCCC)CCCCC(CCCCOc1cc(CN(C)C)cc(OCCCCC(CCCCC(CCCCCC)CCCCCC)C(=O)O)c1)C(=O)O. The molecule has 1 aromatic rings. The zero-order chi connectivity index (χ0) is 45.5. The molecule has 2 unspecified atom stereocenters. The van der Waals surface area contributed by atoms with Crippen molar-refractivity contribution in [3.05, 3.63) is 23.8 Å². The van der Waals surface area contributed by atoms with Gasteiger partial charge in [0.2, 0.25) is 0 Å². The third kappa shape index (κ3) is 32.4. The van der Waals surface area contributed by atoms with Crippen LogP contribution in [0.1, 0.15) is 252 Å². The summed E-state index contributed by atoms with van der Waals surface area (Å²) in [7, 11) is 4.10. The zero-order valence-electron chi connectivity index (χ0n) is 41.7. The lowest BCUT2D eigenvalue weighted by atomic mass is 9.88. The van der Waals surface area contributed by atoms with Crippen molar-refractivity contribution >= 4 is 11.9 Å². The quantitative estimate of drug-likeness (QED) is 0.0630. The van der Waals surface area contributed by atoms with E-state index < -0.39 is 11.9 Å². The average Bonchev–Trinajstić information content (AvgIpc) is 3.24. The highest BCUT2D eigenvalue weighted by atomic mass is 16.5. The molecular formula is C55H101NO6. The molecule has 0 saturated heterocycles. The molecule has 7 heteroatoms. The second kappa shape index (κ2) is 40.2. The summed E-state index contributed by atoms with van der Waals surface area (Å²) in [6.07, 6.45) is 39.7. The number of aliphatic carboxylic acids is 2. The highest BCUT2D eigenvalue weighted by molar-refractivity contribution is 5.70. The van der Waals surface area contributed by atoms with Gasteiger partial charge in [-0.25, -0.2) is 0 Å². The first kappa shape index (κ1) is 57.7. The second-order valence-corrected chi connectivity index (χ2v) is 19.5. The number of hydrogen-bond acceptors (Lipinski definition) is 5. The molecule has 0 aliphatic rings. The van der Waals surface area contributed by atoms with Crippen LogP contribution in [0.5, 0.6) is 11.5 Å². The van der Waals surface area contributed by atoms with Crippen molar-refractivity contribution in [1.82, 2.24) is 4.90 Å². The maximum absolute atomic E-state index is 12.2. The first-order valence-corrected chi connectivity index (χ1v) is 26.6. The van der Waals surface area contributed by atoms with Crippen LogP contribution in [-0.2, 0) is 16.1 Å². The van der Waals surface area contributed by atoms with Crippen LogP contribution in [0.15, 0.2) is 18.2 Å². The van der Waals surface area contributed by atoms with Crippen LogP contribution in [0.3, 0.4) is 0 Å². The number of nitrogens with zero attached hydrogens (tertiary/aromatic N) is 1. The summed E-state index contributed by atoms with van der Waals surface area (Å²) in [5.74, 6) is 1.32. The lowest BCUT2D eigenvalue weighted by Crippen LogP contribution is -2.14. The van der Waals surface area contributed by atoms with Gasteiger partial charge in [-0.15, -0.1) is 0 Å². The molecule has 7 nitrogen and oxygen atoms in total. The van der Waals surface area contributed by atoms with Gasteiger partial charge < -0.3 is 24.6 Å². The Hall–Kier alpha value is -2.28. The van der Waals surface area contributed by atoms with Crippen LogP contribution in [0.4, 0.5) is 0 Å². The number of ether oxygens (including phenoxy) is 2. The fraction of sp³-hybridized carbons (Fsp3) is 0.855. The van der Waals surface area contributed by atoms with Crippen LogP contribution >= 0.6 is 0 Å². The maximum atomic E-state index is 12.2. The van der Waals surface area contributed by atoms with Crippen molar-refractivity contribution in [2.45, 2.75) is 253 Å². The summed E-state index contributed by atoms with van der Waals surface area (Å²) in [5, 5.41) is 20.0. The van der Waals surface area contributed by atoms with E-state index in [1.54, 1.807) is 0 Å². The summed E-state index contributed by atoms with van der Waals surface area (Å²) >= 11 is 0. The van der Waals surface area contributed by atoms with Crippen molar-refractivity contribution in [1.29, 1.82) is 0 Å². The molecule has 1 rings (SSSR count). The van der Waals surface area contributed by atoms with Crippen molar-refractivity contribution in [2.75, 3.05) is 27.3 Å². The van der Waals surface area contributed by atoms with E-state index in [1.165, 1.54) is 141 Å². The van der Waals surface area contributed by atoms with E-state index in [1.807, 2.05) is 6.07 Å². The van der Waals surface area contributed by atoms with Crippen molar-refractivity contribution in [3.63, 3.8) is 0 Å². The molecule has 0 aliphatic carbocycles. The predicted octanol–water partition coefficient (Wildman–Crippen LogP) is 16.5. The number of carboxylic acid groups (broad SMARTS) is 2. The second-order valence-electron chi connectivity index (χ2n) is 19.5. The Labute approximate surface area is 383 Å². The first-order valence-electron chi connectivity index (χ1n) is 26.6. The average molecular weight is 872 g/mol. The molecule has 62 heavy (non-hydrogen) atoms. The molecule has 362 valence electrons. The molecule has 2 atom stereocenters. The molecule has 0 amide bonds. The predicted molar refractivity (Wildman–Crippen MR) is 264 cm³/mol. The van der Waals surface area contributed by atoms with Gasteiger partial charge in [0.15, 0.2) is 0 Å². The van der Waals surface area contributed by atoms with E-state index in [9.17, 15) is 19.8 Å². The minimum absolute atomic E-state index is 0.274. The van der Waals surface area contributed by atoms with Gasteiger partial charge in [-0.1, -0.05) is 195 Å². The highest BCUT2D eigenvalue weighted by Crippen LogP contribution is 2.29. The van der Waals surface area contributed by atoms with Gasteiger partial charge in [-0.05, 0) is 95.0 Å². The first-order chi connectivity index (χ1) is 30.1. The number of carboxylic acids is 2. The van der Waals surface area contributed by atoms with Crippen LogP contribution in [-0.4, -0.2) is 54.4 Å². The number of unbranched alkanes of at least 4 members (excludes halogenated alkanes) is 16. The molecule has 1 aromatic carbocycles. The zero-order valence-corrected chi connectivity index (χ0v) is 41.7. The van der Waals surface area contributed by atoms with E-state index in [-0.39, 0.29) is 11.8 Å². The fourth-order valence-electron chi connectivity index (χ4n) is 9.35. The molecule has 0 radical (unpaired) electrons. The van der Waals surface area contributed by atoms with Crippen LogP contribution in [0.25, 0.3) is 0 Å². The van der Waals surface area contributed by atoms with Gasteiger partial charge in [-0.3, -0.25) is 9.59 Å². The van der Waals surface area contributed by atoms with Crippen molar-refractivity contribution < 1.29 is 29.3 Å². The molecular weight excluding hydrogens is 771 g/mol. The largest absolute Gasteiger partial charge is 0.493 e. The minimum Gasteiger partial charge on any atom is -0.493 e. The smallest absolute Gasteiger partial charge is 0.306 e. The summed E-state index contributed by atoms with van der Waals surface area (Å²) in [4.78, 5) is 26.4. The van der Waals surface area contributed by atoms with E-state index in [2.05, 4.69) is 58.8 Å². The van der Waals surface area contributed by atoms with Gasteiger partial charge >= 0.3 is 11.9 Å². The van der Waals surface area contributed by atoms with Gasteiger partial charge in [0.25, 0.3) is 0 Å². The van der Waals surface area contributed by atoms with Gasteiger partial charge in [0, 0.05) is 12.6 Å². The normalized spacial score (nSPS) is 12.7. The number of carbonyl (C=O) groups is 2. The maximum Gasteiger partial charge on any atom is 0.306 e. The van der Waals surface area contributed by atoms with Crippen LogP contribution in [0.2, 0.25) is 0 Å². The summed E-state index contributed by atoms with van der Waals surface area (Å²) in [5.41, 5.74) is 1.12. The minimum atomic E-state index is -0.654. The van der Waals surface area contributed by atoms with Crippen LogP contribution in [0, 0.1) is 23.7 Å². The monoisotopic (exact) mass is 872 g/mol. The number of hydrogen-bond donors (Lipinski definition) is 2. The van der Waals surface area contributed by atoms with Gasteiger partial charge in [-0.2, -0.15) is 0 Å². The standard InChI is InChI=1S/C55H101NO6/c1-7-11-15-19-31-47(32-20-16-12-8-2)35-23-25-37-50(54(57)58)39-27-29-41-61-52-43-49(46-56(5)6)44-53(45-52)62-42-30-28-40-51(55(59)60)38-26-24-36-48(33-21-17-13-9-3)34-22-18-14-10-4/h43-45,47-48,50-51H,7-42,46H2,1-6H3,(H,57,58)(H,59,60). The molecule has 0 aromatic heterocycles. The molecule has 0 aliphatic heterocycles.